The molecule has 4 aromatic carbocycles. The van der Waals surface area contributed by atoms with E-state index in [0.717, 1.165) is 32.7 Å². The molecule has 1 fully saturated rings. The molecule has 1 aliphatic heterocycles. The van der Waals surface area contributed by atoms with Gasteiger partial charge in [-0.1, -0.05) is 60.7 Å². The number of rotatable bonds is 7. The number of nitrogens with one attached hydrogen (secondary N) is 1. The SMILES string of the molecule is COc1ccc(CC(=O)N/N=C\C23c4ccccc4C(c4ccccc42)[C@@H]2C(=O)N(c4ccc([N+](=O)[O-])cc4)C(=O)[C@H]23)cc1. The molecule has 4 aromatic rings. The van der Waals surface area contributed by atoms with Gasteiger partial charge >= 0.3 is 0 Å². The van der Waals surface area contributed by atoms with Gasteiger partial charge in [-0.2, -0.15) is 5.10 Å². The number of hydrazone groups is 1. The van der Waals surface area contributed by atoms with Crippen molar-refractivity contribution in [2.24, 2.45) is 16.9 Å². The number of nitrogens with zero attached hydrogens (tertiary/aromatic N) is 3. The predicted octanol–water partition coefficient (Wildman–Crippen LogP) is 4.50. The molecule has 8 rings (SSSR count). The van der Waals surface area contributed by atoms with Crippen LogP contribution < -0.4 is 15.1 Å². The molecule has 218 valence electrons. The number of carbonyl (C=O) groups is 3. The number of hydrogen-bond donors (Lipinski definition) is 1. The van der Waals surface area contributed by atoms with Crippen LogP contribution >= 0.6 is 0 Å². The molecule has 0 radical (unpaired) electrons. The molecule has 44 heavy (non-hydrogen) atoms. The molecule has 10 heteroatoms. The Morgan fingerprint density at radius 2 is 1.55 bits per heavy atom. The minimum Gasteiger partial charge on any atom is -0.497 e. The Morgan fingerprint density at radius 3 is 2.14 bits per heavy atom. The lowest BCUT2D eigenvalue weighted by Crippen LogP contribution is -2.54. The van der Waals surface area contributed by atoms with E-state index in [1.54, 1.807) is 37.6 Å². The minimum absolute atomic E-state index is 0.0843. The third-order valence-electron chi connectivity index (χ3n) is 8.98. The Kier molecular flexibility index (Phi) is 6.35. The van der Waals surface area contributed by atoms with E-state index in [9.17, 15) is 24.5 Å². The summed E-state index contributed by atoms with van der Waals surface area (Å²) in [7, 11) is 1.57. The topological polar surface area (TPSA) is 131 Å². The van der Waals surface area contributed by atoms with E-state index in [1.807, 2.05) is 48.5 Å². The molecule has 1 heterocycles. The number of amides is 3. The van der Waals surface area contributed by atoms with Crippen LogP contribution in [0.4, 0.5) is 11.4 Å². The summed E-state index contributed by atoms with van der Waals surface area (Å²) in [6, 6.07) is 28.0. The molecular weight excluding hydrogens is 560 g/mol. The number of carbonyl (C=O) groups excluding carboxylic acids is 3. The van der Waals surface area contributed by atoms with Crippen LogP contribution in [-0.4, -0.2) is 36.0 Å². The summed E-state index contributed by atoms with van der Waals surface area (Å²) < 4.78 is 5.19. The van der Waals surface area contributed by atoms with Gasteiger partial charge in [-0.3, -0.25) is 24.5 Å². The lowest BCUT2D eigenvalue weighted by atomic mass is 9.47. The van der Waals surface area contributed by atoms with Crippen molar-refractivity contribution >= 4 is 35.3 Å². The normalized spacial score (nSPS) is 22.8. The van der Waals surface area contributed by atoms with Crippen LogP contribution in [0.5, 0.6) is 5.75 Å². The average Bonchev–Trinajstić information content (AvgIpc) is 3.32. The Bertz CT molecular complexity index is 1820. The van der Waals surface area contributed by atoms with E-state index in [1.165, 1.54) is 24.3 Å². The Labute approximate surface area is 252 Å². The molecule has 0 aromatic heterocycles. The highest BCUT2D eigenvalue weighted by Gasteiger charge is 2.68. The van der Waals surface area contributed by atoms with Crippen molar-refractivity contribution in [3.8, 4) is 5.75 Å². The van der Waals surface area contributed by atoms with Crippen molar-refractivity contribution < 1.29 is 24.0 Å². The maximum atomic E-state index is 14.4. The molecule has 4 aliphatic rings. The zero-order chi connectivity index (χ0) is 30.6. The number of nitro benzene ring substituents is 1. The quantitative estimate of drug-likeness (QED) is 0.147. The Balaban J connectivity index is 1.31. The van der Waals surface area contributed by atoms with Gasteiger partial charge in [0.15, 0.2) is 0 Å². The third kappa shape index (κ3) is 3.94. The molecule has 1 saturated heterocycles. The summed E-state index contributed by atoms with van der Waals surface area (Å²) in [4.78, 5) is 53.4. The van der Waals surface area contributed by atoms with Gasteiger partial charge in [0, 0.05) is 24.3 Å². The zero-order valence-corrected chi connectivity index (χ0v) is 23.5. The van der Waals surface area contributed by atoms with Crippen LogP contribution in [0.3, 0.4) is 0 Å². The van der Waals surface area contributed by atoms with Gasteiger partial charge in [-0.15, -0.1) is 0 Å². The summed E-state index contributed by atoms with van der Waals surface area (Å²) in [6.45, 7) is 0. The first-order valence-electron chi connectivity index (χ1n) is 14.1. The minimum atomic E-state index is -1.15. The predicted molar refractivity (Wildman–Crippen MR) is 161 cm³/mol. The molecule has 3 aliphatic carbocycles. The number of benzene rings is 4. The lowest BCUT2D eigenvalue weighted by molar-refractivity contribution is -0.384. The number of anilines is 1. The van der Waals surface area contributed by atoms with Gasteiger partial charge < -0.3 is 4.74 Å². The average molecular weight is 587 g/mol. The van der Waals surface area contributed by atoms with E-state index in [-0.39, 0.29) is 35.5 Å². The van der Waals surface area contributed by atoms with Gasteiger partial charge in [0.2, 0.25) is 17.7 Å². The van der Waals surface area contributed by atoms with Crippen LogP contribution in [0.1, 0.15) is 33.7 Å². The maximum Gasteiger partial charge on any atom is 0.269 e. The van der Waals surface area contributed by atoms with Crippen LogP contribution in [0.15, 0.2) is 102 Å². The molecule has 1 N–H and O–H groups in total. The number of imide groups is 1. The van der Waals surface area contributed by atoms with E-state index >= 15 is 0 Å². The number of methoxy groups -OCH3 is 1. The molecule has 0 spiro atoms. The van der Waals surface area contributed by atoms with Crippen molar-refractivity contribution in [3.63, 3.8) is 0 Å². The van der Waals surface area contributed by atoms with Crippen LogP contribution in [0, 0.1) is 22.0 Å². The number of nitro groups is 1. The van der Waals surface area contributed by atoms with Crippen molar-refractivity contribution in [1.82, 2.24) is 5.43 Å². The fourth-order valence-electron chi connectivity index (χ4n) is 7.20. The zero-order valence-electron chi connectivity index (χ0n) is 23.5. The van der Waals surface area contributed by atoms with E-state index in [2.05, 4.69) is 10.5 Å². The van der Waals surface area contributed by atoms with Gasteiger partial charge in [-0.05, 0) is 52.1 Å². The van der Waals surface area contributed by atoms with Crippen molar-refractivity contribution in [2.75, 3.05) is 12.0 Å². The van der Waals surface area contributed by atoms with E-state index < -0.39 is 28.1 Å². The van der Waals surface area contributed by atoms with Crippen LogP contribution in [0.25, 0.3) is 0 Å². The second-order valence-electron chi connectivity index (χ2n) is 11.1. The highest BCUT2D eigenvalue weighted by atomic mass is 16.6. The number of ether oxygens (including phenoxy) is 1. The third-order valence-corrected chi connectivity index (χ3v) is 8.98. The first-order chi connectivity index (χ1) is 21.3. The summed E-state index contributed by atoms with van der Waals surface area (Å²) in [5.41, 5.74) is 5.95. The van der Waals surface area contributed by atoms with Crippen molar-refractivity contribution in [1.29, 1.82) is 0 Å². The van der Waals surface area contributed by atoms with Gasteiger partial charge in [0.25, 0.3) is 5.69 Å². The number of non-ortho nitro benzene ring substituents is 1. The first kappa shape index (κ1) is 27.2. The first-order valence-corrected chi connectivity index (χ1v) is 14.1. The largest absolute Gasteiger partial charge is 0.497 e. The molecular formula is C34H26N4O6. The number of hydrogen-bond acceptors (Lipinski definition) is 7. The monoisotopic (exact) mass is 586 g/mol. The molecule has 2 bridgehead atoms. The van der Waals surface area contributed by atoms with Gasteiger partial charge in [0.1, 0.15) is 5.75 Å². The van der Waals surface area contributed by atoms with Crippen LogP contribution in [-0.2, 0) is 26.2 Å². The summed E-state index contributed by atoms with van der Waals surface area (Å²) in [5, 5.41) is 15.7. The summed E-state index contributed by atoms with van der Waals surface area (Å²) in [6.07, 6.45) is 1.69. The lowest BCUT2D eigenvalue weighted by Gasteiger charge is -2.52. The van der Waals surface area contributed by atoms with E-state index in [4.69, 9.17) is 4.74 Å². The Hall–Kier alpha value is -5.64. The summed E-state index contributed by atoms with van der Waals surface area (Å²) >= 11 is 0. The smallest absolute Gasteiger partial charge is 0.269 e. The van der Waals surface area contributed by atoms with Crippen molar-refractivity contribution in [3.05, 3.63) is 135 Å². The standard InChI is InChI=1S/C34H26N4O6/c1-44-23-16-10-20(11-17-23)18-28(39)36-35-19-34-26-8-4-2-6-24(26)29(25-7-3-5-9-27(25)34)30-31(34)33(41)37(32(30)40)21-12-14-22(15-13-21)38(42)43/h2-17,19,29-31H,18H2,1H3,(H,36,39)/b35-19-/t29?,30-,31-,34?/m0/s1. The highest BCUT2D eigenvalue weighted by Crippen LogP contribution is 2.63. The fraction of sp³-hybridized carbons (Fsp3) is 0.176. The fourth-order valence-corrected chi connectivity index (χ4v) is 7.20. The van der Waals surface area contributed by atoms with Gasteiger partial charge in [0.05, 0.1) is 41.4 Å². The Morgan fingerprint density at radius 1 is 0.932 bits per heavy atom. The van der Waals surface area contributed by atoms with Crippen LogP contribution in [0.2, 0.25) is 0 Å². The van der Waals surface area contributed by atoms with E-state index in [0.29, 0.717) is 5.75 Å². The molecule has 3 amide bonds. The van der Waals surface area contributed by atoms with Crippen molar-refractivity contribution in [2.45, 2.75) is 17.8 Å². The summed E-state index contributed by atoms with van der Waals surface area (Å²) in [5.74, 6) is -2.39. The highest BCUT2D eigenvalue weighted by molar-refractivity contribution is 6.25. The van der Waals surface area contributed by atoms with Gasteiger partial charge in [-0.25, -0.2) is 10.3 Å². The molecule has 0 unspecified atom stereocenters. The second kappa shape index (κ2) is 10.3. The maximum absolute atomic E-state index is 14.4. The molecule has 10 nitrogen and oxygen atoms in total. The second-order valence-corrected chi connectivity index (χ2v) is 11.1. The molecule has 2 atom stereocenters. The molecule has 0 saturated carbocycles.